The zero-order valence-electron chi connectivity index (χ0n) is 9.40. The highest BCUT2D eigenvalue weighted by Crippen LogP contribution is 2.12. The predicted octanol–water partition coefficient (Wildman–Crippen LogP) is 3.03. The molecule has 0 aliphatic heterocycles. The second-order valence-corrected chi connectivity index (χ2v) is 3.79. The molecule has 0 aliphatic rings. The molecule has 0 bridgehead atoms. The maximum atomic E-state index is 12.6. The van der Waals surface area contributed by atoms with Crippen LogP contribution in [0.25, 0.3) is 0 Å². The monoisotopic (exact) mass is 231 g/mol. The van der Waals surface area contributed by atoms with Gasteiger partial charge in [0.25, 0.3) is 0 Å². The van der Waals surface area contributed by atoms with Crippen molar-refractivity contribution >= 4 is 5.69 Å². The van der Waals surface area contributed by atoms with Gasteiger partial charge in [0.05, 0.1) is 6.61 Å². The summed E-state index contributed by atoms with van der Waals surface area (Å²) in [6.45, 7) is 0.565. The summed E-state index contributed by atoms with van der Waals surface area (Å²) in [6.07, 6.45) is 0.803. The molecule has 0 aromatic heterocycles. The van der Waals surface area contributed by atoms with Crippen molar-refractivity contribution in [3.8, 4) is 5.75 Å². The lowest BCUT2D eigenvalue weighted by molar-refractivity contribution is 0.321. The lowest BCUT2D eigenvalue weighted by Gasteiger charge is -2.06. The van der Waals surface area contributed by atoms with Crippen LogP contribution in [-0.4, -0.2) is 6.61 Å². The van der Waals surface area contributed by atoms with Gasteiger partial charge in [0.15, 0.2) is 0 Å². The molecule has 0 spiro atoms. The molecular weight excluding hydrogens is 217 g/mol. The van der Waals surface area contributed by atoms with E-state index in [0.717, 1.165) is 12.1 Å². The smallest absolute Gasteiger partial charge is 0.123 e. The van der Waals surface area contributed by atoms with E-state index in [9.17, 15) is 4.39 Å². The number of hydrogen-bond donors (Lipinski definition) is 1. The van der Waals surface area contributed by atoms with Crippen LogP contribution < -0.4 is 10.5 Å². The molecule has 0 heterocycles. The molecule has 2 rings (SSSR count). The van der Waals surface area contributed by atoms with E-state index in [1.807, 2.05) is 24.3 Å². The summed E-state index contributed by atoms with van der Waals surface area (Å²) in [5, 5.41) is 0. The standard InChI is InChI=1S/C14H14FNO/c15-12-3-7-14(8-4-12)17-10-9-11-1-5-13(16)6-2-11/h1-8H,9-10,16H2. The number of nitrogen functional groups attached to an aromatic ring is 1. The average molecular weight is 231 g/mol. The molecule has 0 fully saturated rings. The highest BCUT2D eigenvalue weighted by atomic mass is 19.1. The van der Waals surface area contributed by atoms with Gasteiger partial charge >= 0.3 is 0 Å². The van der Waals surface area contributed by atoms with E-state index < -0.39 is 0 Å². The number of rotatable bonds is 4. The third-order valence-corrected chi connectivity index (χ3v) is 2.45. The molecule has 17 heavy (non-hydrogen) atoms. The first-order valence-corrected chi connectivity index (χ1v) is 5.47. The molecule has 0 radical (unpaired) electrons. The van der Waals surface area contributed by atoms with Crippen LogP contribution >= 0.6 is 0 Å². The van der Waals surface area contributed by atoms with E-state index in [0.29, 0.717) is 12.4 Å². The van der Waals surface area contributed by atoms with Gasteiger partial charge in [0.2, 0.25) is 0 Å². The van der Waals surface area contributed by atoms with Gasteiger partial charge in [-0.2, -0.15) is 0 Å². The van der Waals surface area contributed by atoms with E-state index in [1.165, 1.54) is 17.7 Å². The number of halogens is 1. The van der Waals surface area contributed by atoms with Gasteiger partial charge in [-0.15, -0.1) is 0 Å². The minimum absolute atomic E-state index is 0.254. The molecule has 2 aromatic rings. The van der Waals surface area contributed by atoms with Crippen LogP contribution in [0.4, 0.5) is 10.1 Å². The van der Waals surface area contributed by atoms with Crippen molar-refractivity contribution in [2.24, 2.45) is 0 Å². The van der Waals surface area contributed by atoms with Gasteiger partial charge in [-0.25, -0.2) is 4.39 Å². The van der Waals surface area contributed by atoms with Crippen molar-refractivity contribution in [1.82, 2.24) is 0 Å². The number of anilines is 1. The van der Waals surface area contributed by atoms with Crippen LogP contribution in [-0.2, 0) is 6.42 Å². The fraction of sp³-hybridized carbons (Fsp3) is 0.143. The molecule has 0 atom stereocenters. The molecule has 0 saturated heterocycles. The van der Waals surface area contributed by atoms with Crippen LogP contribution in [0.2, 0.25) is 0 Å². The summed E-state index contributed by atoms with van der Waals surface area (Å²) in [6, 6.07) is 13.7. The fourth-order valence-electron chi connectivity index (χ4n) is 1.50. The summed E-state index contributed by atoms with van der Waals surface area (Å²) in [7, 11) is 0. The molecule has 2 nitrogen and oxygen atoms in total. The Bertz CT molecular complexity index is 419. The molecule has 2 N–H and O–H groups in total. The summed E-state index contributed by atoms with van der Waals surface area (Å²) >= 11 is 0. The molecule has 2 aromatic carbocycles. The number of ether oxygens (including phenoxy) is 1. The molecule has 3 heteroatoms. The predicted molar refractivity (Wildman–Crippen MR) is 66.5 cm³/mol. The van der Waals surface area contributed by atoms with Crippen molar-refractivity contribution in [1.29, 1.82) is 0 Å². The molecule has 0 unspecified atom stereocenters. The Kier molecular flexibility index (Phi) is 3.60. The molecule has 0 amide bonds. The van der Waals surface area contributed by atoms with Crippen LogP contribution in [0.5, 0.6) is 5.75 Å². The Morgan fingerprint density at radius 2 is 1.59 bits per heavy atom. The van der Waals surface area contributed by atoms with Crippen molar-refractivity contribution in [3.05, 3.63) is 59.9 Å². The van der Waals surface area contributed by atoms with E-state index in [-0.39, 0.29) is 5.82 Å². The van der Waals surface area contributed by atoms with Crippen molar-refractivity contribution in [2.45, 2.75) is 6.42 Å². The third-order valence-electron chi connectivity index (χ3n) is 2.45. The summed E-state index contributed by atoms with van der Waals surface area (Å²) in [4.78, 5) is 0. The Labute approximate surface area is 99.8 Å². The van der Waals surface area contributed by atoms with E-state index in [1.54, 1.807) is 12.1 Å². The maximum Gasteiger partial charge on any atom is 0.123 e. The van der Waals surface area contributed by atoms with Gasteiger partial charge in [-0.1, -0.05) is 12.1 Å². The largest absolute Gasteiger partial charge is 0.493 e. The van der Waals surface area contributed by atoms with E-state index >= 15 is 0 Å². The van der Waals surface area contributed by atoms with Gasteiger partial charge < -0.3 is 10.5 Å². The molecule has 0 saturated carbocycles. The SMILES string of the molecule is Nc1ccc(CCOc2ccc(F)cc2)cc1. The van der Waals surface area contributed by atoms with Gasteiger partial charge in [0, 0.05) is 12.1 Å². The quantitative estimate of drug-likeness (QED) is 0.821. The molecule has 88 valence electrons. The lowest BCUT2D eigenvalue weighted by atomic mass is 10.1. The second kappa shape index (κ2) is 5.34. The minimum atomic E-state index is -0.254. The van der Waals surface area contributed by atoms with Gasteiger partial charge in [-0.3, -0.25) is 0 Å². The maximum absolute atomic E-state index is 12.6. The first-order valence-electron chi connectivity index (χ1n) is 5.47. The van der Waals surface area contributed by atoms with Crippen molar-refractivity contribution in [2.75, 3.05) is 12.3 Å². The molecule has 0 aliphatic carbocycles. The Morgan fingerprint density at radius 1 is 0.941 bits per heavy atom. The highest BCUT2D eigenvalue weighted by Gasteiger charge is 1.96. The summed E-state index contributed by atoms with van der Waals surface area (Å²) in [5.74, 6) is 0.428. The molecular formula is C14H14FNO. The lowest BCUT2D eigenvalue weighted by Crippen LogP contribution is -2.01. The summed E-state index contributed by atoms with van der Waals surface area (Å²) in [5.41, 5.74) is 7.52. The average Bonchev–Trinajstić information content (AvgIpc) is 2.34. The normalized spacial score (nSPS) is 10.2. The third kappa shape index (κ3) is 3.48. The van der Waals surface area contributed by atoms with E-state index in [4.69, 9.17) is 10.5 Å². The van der Waals surface area contributed by atoms with Crippen LogP contribution in [0.1, 0.15) is 5.56 Å². The van der Waals surface area contributed by atoms with Gasteiger partial charge in [0.1, 0.15) is 11.6 Å². The highest BCUT2D eigenvalue weighted by molar-refractivity contribution is 5.39. The minimum Gasteiger partial charge on any atom is -0.493 e. The number of benzene rings is 2. The Hall–Kier alpha value is -2.03. The first-order chi connectivity index (χ1) is 8.24. The van der Waals surface area contributed by atoms with Crippen LogP contribution in [0.3, 0.4) is 0 Å². The topological polar surface area (TPSA) is 35.2 Å². The van der Waals surface area contributed by atoms with Crippen molar-refractivity contribution in [3.63, 3.8) is 0 Å². The fourth-order valence-corrected chi connectivity index (χ4v) is 1.50. The second-order valence-electron chi connectivity index (χ2n) is 3.79. The summed E-state index contributed by atoms with van der Waals surface area (Å²) < 4.78 is 18.1. The van der Waals surface area contributed by atoms with Crippen LogP contribution in [0.15, 0.2) is 48.5 Å². The van der Waals surface area contributed by atoms with Crippen LogP contribution in [0, 0.1) is 5.82 Å². The number of hydrogen-bond acceptors (Lipinski definition) is 2. The van der Waals surface area contributed by atoms with Crippen molar-refractivity contribution < 1.29 is 9.13 Å². The first kappa shape index (κ1) is 11.5. The number of nitrogens with two attached hydrogens (primary N) is 1. The Morgan fingerprint density at radius 3 is 2.24 bits per heavy atom. The van der Waals surface area contributed by atoms with Gasteiger partial charge in [-0.05, 0) is 42.0 Å². The van der Waals surface area contributed by atoms with E-state index in [2.05, 4.69) is 0 Å². The Balaban J connectivity index is 1.83. The zero-order valence-corrected chi connectivity index (χ0v) is 9.40. The zero-order chi connectivity index (χ0) is 12.1.